The highest BCUT2D eigenvalue weighted by Gasteiger charge is 2.11. The summed E-state index contributed by atoms with van der Waals surface area (Å²) in [5.41, 5.74) is 2.96. The van der Waals surface area contributed by atoms with Crippen molar-refractivity contribution in [2.45, 2.75) is 26.7 Å². The first-order chi connectivity index (χ1) is 13.1. The lowest BCUT2D eigenvalue weighted by Crippen LogP contribution is -2.03. The Morgan fingerprint density at radius 3 is 2.74 bits per heavy atom. The van der Waals surface area contributed by atoms with E-state index in [1.165, 1.54) is 6.33 Å². The van der Waals surface area contributed by atoms with Gasteiger partial charge in [0, 0.05) is 25.9 Å². The lowest BCUT2D eigenvalue weighted by molar-refractivity contribution is 0.540. The largest absolute Gasteiger partial charge is 0.309 e. The van der Waals surface area contributed by atoms with Crippen LogP contribution in [-0.4, -0.2) is 34.3 Å². The van der Waals surface area contributed by atoms with Gasteiger partial charge in [-0.2, -0.15) is 10.1 Å². The molecule has 8 heteroatoms. The van der Waals surface area contributed by atoms with E-state index in [4.69, 9.17) is 0 Å². The van der Waals surface area contributed by atoms with Crippen molar-refractivity contribution in [2.24, 2.45) is 13.0 Å². The second-order valence-electron chi connectivity index (χ2n) is 6.74. The zero-order valence-electron chi connectivity index (χ0n) is 15.7. The van der Waals surface area contributed by atoms with Gasteiger partial charge in [0.25, 0.3) is 0 Å². The summed E-state index contributed by atoms with van der Waals surface area (Å²) in [5.74, 6) is 2.95. The fourth-order valence-corrected chi connectivity index (χ4v) is 2.92. The van der Waals surface area contributed by atoms with E-state index < -0.39 is 0 Å². The molecule has 0 saturated heterocycles. The van der Waals surface area contributed by atoms with Crippen LogP contribution in [0.2, 0.25) is 0 Å². The van der Waals surface area contributed by atoms with Crippen LogP contribution >= 0.6 is 0 Å². The molecule has 4 aromatic rings. The monoisotopic (exact) mass is 362 g/mol. The highest BCUT2D eigenvalue weighted by atomic mass is 15.4. The van der Waals surface area contributed by atoms with Crippen LogP contribution in [-0.2, 0) is 13.5 Å². The van der Waals surface area contributed by atoms with Crippen molar-refractivity contribution >= 4 is 17.4 Å². The maximum absolute atomic E-state index is 4.37. The van der Waals surface area contributed by atoms with Crippen LogP contribution in [0, 0.1) is 5.92 Å². The van der Waals surface area contributed by atoms with Gasteiger partial charge in [0.15, 0.2) is 5.65 Å². The third-order valence-electron chi connectivity index (χ3n) is 4.75. The van der Waals surface area contributed by atoms with Crippen LogP contribution in [0.1, 0.15) is 26.1 Å². The van der Waals surface area contributed by atoms with Crippen molar-refractivity contribution in [1.29, 1.82) is 0 Å². The Morgan fingerprint density at radius 1 is 1.11 bits per heavy atom. The summed E-state index contributed by atoms with van der Waals surface area (Å²) in [7, 11) is 1.83. The number of hydrogen-bond donors (Lipinski definition) is 1. The molecule has 0 fully saturated rings. The molecule has 4 aromatic heterocycles. The standard InChI is InChI=1S/C19H22N8/c1-4-13(2)9-17-24-25-18-11-15(6-8-27(17)18)14-5-7-20-16(10-14)23-19-21-12-22-26(19)3/h5-8,10-13H,4,9H2,1-3H3,(H,20,21,22,23). The summed E-state index contributed by atoms with van der Waals surface area (Å²) >= 11 is 0. The third kappa shape index (κ3) is 3.51. The van der Waals surface area contributed by atoms with Crippen LogP contribution in [0.3, 0.4) is 0 Å². The van der Waals surface area contributed by atoms with Gasteiger partial charge in [0.05, 0.1) is 0 Å². The van der Waals surface area contributed by atoms with Gasteiger partial charge in [-0.15, -0.1) is 10.2 Å². The molecule has 1 unspecified atom stereocenters. The SMILES string of the molecule is CCC(C)Cc1nnc2cc(-c3ccnc(Nc4ncnn4C)c3)ccn12. The summed E-state index contributed by atoms with van der Waals surface area (Å²) < 4.78 is 3.73. The Labute approximate surface area is 157 Å². The number of nitrogens with one attached hydrogen (secondary N) is 1. The van der Waals surface area contributed by atoms with Gasteiger partial charge >= 0.3 is 0 Å². The van der Waals surface area contributed by atoms with Crippen LogP contribution in [0.4, 0.5) is 11.8 Å². The smallest absolute Gasteiger partial charge is 0.226 e. The molecule has 0 aliphatic carbocycles. The topological polar surface area (TPSA) is 85.8 Å². The molecular weight excluding hydrogens is 340 g/mol. The second-order valence-corrected chi connectivity index (χ2v) is 6.74. The Balaban J connectivity index is 1.62. The van der Waals surface area contributed by atoms with Crippen molar-refractivity contribution in [3.8, 4) is 11.1 Å². The van der Waals surface area contributed by atoms with Crippen molar-refractivity contribution < 1.29 is 0 Å². The van der Waals surface area contributed by atoms with Gasteiger partial charge in [0.2, 0.25) is 5.95 Å². The van der Waals surface area contributed by atoms with Crippen molar-refractivity contribution in [3.05, 3.63) is 48.8 Å². The summed E-state index contributed by atoms with van der Waals surface area (Å²) in [5, 5.41) is 15.9. The van der Waals surface area contributed by atoms with Gasteiger partial charge in [-0.3, -0.25) is 4.40 Å². The molecule has 0 spiro atoms. The minimum Gasteiger partial charge on any atom is -0.309 e. The molecule has 1 N–H and O–H groups in total. The van der Waals surface area contributed by atoms with Crippen LogP contribution < -0.4 is 5.32 Å². The number of nitrogens with zero attached hydrogens (tertiary/aromatic N) is 7. The van der Waals surface area contributed by atoms with Gasteiger partial charge in [-0.05, 0) is 41.3 Å². The predicted molar refractivity (Wildman–Crippen MR) is 104 cm³/mol. The number of rotatable bonds is 6. The highest BCUT2D eigenvalue weighted by molar-refractivity contribution is 5.70. The molecule has 8 nitrogen and oxygen atoms in total. The van der Waals surface area contributed by atoms with Gasteiger partial charge < -0.3 is 5.32 Å². The quantitative estimate of drug-likeness (QED) is 0.567. The maximum Gasteiger partial charge on any atom is 0.226 e. The first-order valence-corrected chi connectivity index (χ1v) is 9.05. The molecule has 0 aromatic carbocycles. The predicted octanol–water partition coefficient (Wildman–Crippen LogP) is 3.25. The number of hydrogen-bond acceptors (Lipinski definition) is 6. The van der Waals surface area contributed by atoms with Crippen molar-refractivity contribution in [2.75, 3.05) is 5.32 Å². The zero-order chi connectivity index (χ0) is 18.8. The van der Waals surface area contributed by atoms with Crippen molar-refractivity contribution in [3.63, 3.8) is 0 Å². The van der Waals surface area contributed by atoms with Crippen molar-refractivity contribution in [1.82, 2.24) is 34.3 Å². The summed E-state index contributed by atoms with van der Waals surface area (Å²) in [6.07, 6.45) is 7.38. The number of aromatic nitrogens is 7. The average Bonchev–Trinajstić information content (AvgIpc) is 3.28. The second kappa shape index (κ2) is 7.14. The molecule has 4 rings (SSSR count). The number of pyridine rings is 2. The van der Waals surface area contributed by atoms with E-state index in [1.807, 2.05) is 25.4 Å². The molecule has 1 atom stereocenters. The third-order valence-corrected chi connectivity index (χ3v) is 4.75. The minimum absolute atomic E-state index is 0.589. The van der Waals surface area contributed by atoms with Gasteiger partial charge in [0.1, 0.15) is 18.0 Å². The fraction of sp³-hybridized carbons (Fsp3) is 0.316. The Hall–Kier alpha value is -3.29. The van der Waals surface area contributed by atoms with Crippen LogP contribution in [0.5, 0.6) is 0 Å². The molecule has 0 aliphatic heterocycles. The van der Waals surface area contributed by atoms with Gasteiger partial charge in [-0.1, -0.05) is 20.3 Å². The Bertz CT molecular complexity index is 1060. The van der Waals surface area contributed by atoms with E-state index in [9.17, 15) is 0 Å². The zero-order valence-corrected chi connectivity index (χ0v) is 15.7. The van der Waals surface area contributed by atoms with E-state index in [-0.39, 0.29) is 0 Å². The molecular formula is C19H22N8. The van der Waals surface area contributed by atoms with E-state index in [0.29, 0.717) is 17.7 Å². The lowest BCUT2D eigenvalue weighted by atomic mass is 10.1. The number of aryl methyl sites for hydroxylation is 1. The van der Waals surface area contributed by atoms with E-state index >= 15 is 0 Å². The molecule has 0 amide bonds. The molecule has 27 heavy (non-hydrogen) atoms. The number of anilines is 2. The Morgan fingerprint density at radius 2 is 1.96 bits per heavy atom. The summed E-state index contributed by atoms with van der Waals surface area (Å²) in [4.78, 5) is 8.53. The van der Waals surface area contributed by atoms with E-state index in [2.05, 4.69) is 61.0 Å². The Kier molecular flexibility index (Phi) is 4.53. The van der Waals surface area contributed by atoms with E-state index in [0.717, 1.165) is 35.4 Å². The fourth-order valence-electron chi connectivity index (χ4n) is 2.92. The summed E-state index contributed by atoms with van der Waals surface area (Å²) in [6.45, 7) is 4.43. The van der Waals surface area contributed by atoms with Gasteiger partial charge in [-0.25, -0.2) is 9.67 Å². The maximum atomic E-state index is 4.37. The van der Waals surface area contributed by atoms with E-state index in [1.54, 1.807) is 10.9 Å². The molecule has 0 aliphatic rings. The highest BCUT2D eigenvalue weighted by Crippen LogP contribution is 2.24. The summed E-state index contributed by atoms with van der Waals surface area (Å²) in [6, 6.07) is 8.09. The minimum atomic E-state index is 0.589. The molecule has 4 heterocycles. The molecule has 0 saturated carbocycles. The normalized spacial score (nSPS) is 12.4. The average molecular weight is 362 g/mol. The first kappa shape index (κ1) is 17.1. The molecule has 0 radical (unpaired) electrons. The lowest BCUT2D eigenvalue weighted by Gasteiger charge is -2.08. The van der Waals surface area contributed by atoms with Crippen LogP contribution in [0.25, 0.3) is 16.8 Å². The first-order valence-electron chi connectivity index (χ1n) is 9.05. The molecule has 138 valence electrons. The van der Waals surface area contributed by atoms with Crippen LogP contribution in [0.15, 0.2) is 43.0 Å². The number of fused-ring (bicyclic) bond motifs is 1. The molecule has 0 bridgehead atoms.